The molecule has 5 atom stereocenters. The second-order valence-electron chi connectivity index (χ2n) is 13.2. The summed E-state index contributed by atoms with van der Waals surface area (Å²) in [6.45, 7) is 14.6. The van der Waals surface area contributed by atoms with Gasteiger partial charge in [-0.05, 0) is 69.3 Å². The number of hydrogen-bond donors (Lipinski definition) is 3. The number of nitrogens with one attached hydrogen (secondary N) is 2. The summed E-state index contributed by atoms with van der Waals surface area (Å²) in [7, 11) is 0. The molecule has 0 aromatic carbocycles. The highest BCUT2D eigenvalue weighted by atomic mass is 16.6. The predicted molar refractivity (Wildman–Crippen MR) is 147 cm³/mol. The molecule has 3 aliphatic rings. The minimum atomic E-state index is -1.12. The number of hydrogen-bond acceptors (Lipinski definition) is 7. The van der Waals surface area contributed by atoms with Gasteiger partial charge in [-0.1, -0.05) is 39.7 Å². The van der Waals surface area contributed by atoms with E-state index < -0.39 is 53.3 Å². The van der Waals surface area contributed by atoms with Gasteiger partial charge in [-0.2, -0.15) is 0 Å². The Balaban J connectivity index is 1.83. The second-order valence-corrected chi connectivity index (χ2v) is 13.2. The Bertz CT molecular complexity index is 1090. The summed E-state index contributed by atoms with van der Waals surface area (Å²) in [6, 6.07) is -3.08. The van der Waals surface area contributed by atoms with Crippen LogP contribution in [0.4, 0.5) is 4.79 Å². The van der Waals surface area contributed by atoms with Gasteiger partial charge in [-0.25, -0.2) is 4.79 Å². The first kappa shape index (κ1) is 31.3. The van der Waals surface area contributed by atoms with Crippen molar-refractivity contribution in [3.05, 3.63) is 12.2 Å². The Hall–Kier alpha value is -3.24. The number of carbonyl (C=O) groups is 6. The molecular weight excluding hydrogens is 516 g/mol. The van der Waals surface area contributed by atoms with Crippen LogP contribution in [0.2, 0.25) is 0 Å². The third-order valence-electron chi connectivity index (χ3n) is 8.55. The van der Waals surface area contributed by atoms with E-state index in [0.717, 1.165) is 19.3 Å². The van der Waals surface area contributed by atoms with E-state index in [4.69, 9.17) is 10.5 Å². The number of nitrogens with zero attached hydrogens (tertiary/aromatic N) is 1. The first-order chi connectivity index (χ1) is 18.4. The number of nitrogens with two attached hydrogens (primary N) is 1. The first-order valence-corrected chi connectivity index (χ1v) is 14.1. The molecule has 0 spiro atoms. The molecule has 1 heterocycles. The molecule has 3 rings (SSSR count). The van der Waals surface area contributed by atoms with Crippen LogP contribution in [-0.2, 0) is 28.7 Å². The molecule has 222 valence electrons. The number of piperidine rings is 1. The number of alkyl carbamates (subject to hydrolysis) is 1. The maximum atomic E-state index is 13.9. The number of amides is 4. The van der Waals surface area contributed by atoms with Crippen LogP contribution < -0.4 is 16.4 Å². The fourth-order valence-electron chi connectivity index (χ4n) is 5.93. The highest BCUT2D eigenvalue weighted by molar-refractivity contribution is 6.37. The lowest BCUT2D eigenvalue weighted by Gasteiger charge is -2.35. The maximum absolute atomic E-state index is 13.9. The Labute approximate surface area is 236 Å². The molecule has 3 fully saturated rings. The van der Waals surface area contributed by atoms with Crippen molar-refractivity contribution in [2.45, 2.75) is 104 Å². The summed E-state index contributed by atoms with van der Waals surface area (Å²) in [5, 5.41) is 5.32. The predicted octanol–water partition coefficient (Wildman–Crippen LogP) is 2.02. The van der Waals surface area contributed by atoms with E-state index in [1.807, 2.05) is 13.8 Å². The largest absolute Gasteiger partial charge is 0.444 e. The van der Waals surface area contributed by atoms with Gasteiger partial charge in [0.15, 0.2) is 5.78 Å². The van der Waals surface area contributed by atoms with Crippen molar-refractivity contribution in [1.82, 2.24) is 15.5 Å². The van der Waals surface area contributed by atoms with E-state index in [1.165, 1.54) is 4.90 Å². The highest BCUT2D eigenvalue weighted by Crippen LogP contribution is 2.65. The molecule has 40 heavy (non-hydrogen) atoms. The summed E-state index contributed by atoms with van der Waals surface area (Å²) in [5.41, 5.74) is 4.59. The molecule has 0 aromatic heterocycles. The van der Waals surface area contributed by atoms with Crippen LogP contribution in [0.25, 0.3) is 0 Å². The van der Waals surface area contributed by atoms with E-state index >= 15 is 0 Å². The van der Waals surface area contributed by atoms with Crippen molar-refractivity contribution in [1.29, 1.82) is 0 Å². The van der Waals surface area contributed by atoms with Crippen LogP contribution in [0, 0.1) is 23.2 Å². The molecule has 0 bridgehead atoms. The van der Waals surface area contributed by atoms with E-state index in [0.29, 0.717) is 12.0 Å². The quantitative estimate of drug-likeness (QED) is 0.243. The zero-order chi connectivity index (χ0) is 30.2. The lowest BCUT2D eigenvalue weighted by molar-refractivity contribution is -0.144. The van der Waals surface area contributed by atoms with Crippen molar-refractivity contribution < 1.29 is 33.5 Å². The summed E-state index contributed by atoms with van der Waals surface area (Å²) in [5.74, 6) is -3.16. The molecule has 0 aromatic rings. The lowest BCUT2D eigenvalue weighted by atomic mass is 9.80. The molecule has 2 aliphatic carbocycles. The van der Waals surface area contributed by atoms with Gasteiger partial charge < -0.3 is 26.0 Å². The van der Waals surface area contributed by atoms with Gasteiger partial charge in [0.25, 0.3) is 5.91 Å². The minimum absolute atomic E-state index is 0.00218. The minimum Gasteiger partial charge on any atom is -0.444 e. The van der Waals surface area contributed by atoms with Gasteiger partial charge in [-0.15, -0.1) is 0 Å². The maximum Gasteiger partial charge on any atom is 0.408 e. The number of likely N-dealkylation sites (tertiary alicyclic amines) is 1. The van der Waals surface area contributed by atoms with Gasteiger partial charge in [0.05, 0.1) is 6.04 Å². The standard InChI is InChI=1S/C29H44N4O7/c1-15(2)20(34)12-11-18(32-27(39)40-28(3,4)5)26(38)33-14-17-21(29(17,6)7)22(33)25(37)31-19(23(35)24(30)36)13-16-9-8-10-16/h16-19,21-22H,1,8-14H2,2-7H3,(H2,30,36)(H,31,37)(H,32,39)/t17-,18-,19?,21-,22-/m0/s1. The molecule has 4 N–H and O–H groups in total. The number of rotatable bonds is 12. The van der Waals surface area contributed by atoms with Crippen LogP contribution in [0.1, 0.15) is 80.1 Å². The monoisotopic (exact) mass is 560 g/mol. The zero-order valence-corrected chi connectivity index (χ0v) is 24.5. The van der Waals surface area contributed by atoms with E-state index in [-0.39, 0.29) is 48.3 Å². The summed E-state index contributed by atoms with van der Waals surface area (Å²) in [4.78, 5) is 78.2. The molecule has 2 saturated carbocycles. The Morgan fingerprint density at radius 2 is 1.70 bits per heavy atom. The highest BCUT2D eigenvalue weighted by Gasteiger charge is 2.69. The number of allylic oxidation sites excluding steroid dienone is 1. The molecule has 1 unspecified atom stereocenters. The van der Waals surface area contributed by atoms with Gasteiger partial charge in [0.2, 0.25) is 17.6 Å². The SMILES string of the molecule is C=C(C)C(=O)CC[C@H](NC(=O)OC(C)(C)C)C(=O)N1C[C@H]2[C@@H]([C@H]1C(=O)NC(CC1CCC1)C(=O)C(N)=O)C2(C)C. The summed E-state index contributed by atoms with van der Waals surface area (Å²) >= 11 is 0. The van der Waals surface area contributed by atoms with Gasteiger partial charge in [0, 0.05) is 13.0 Å². The van der Waals surface area contributed by atoms with Crippen molar-refractivity contribution >= 4 is 35.4 Å². The van der Waals surface area contributed by atoms with Gasteiger partial charge >= 0.3 is 6.09 Å². The number of carbonyl (C=O) groups excluding carboxylic acids is 6. The Morgan fingerprint density at radius 1 is 1.07 bits per heavy atom. The van der Waals surface area contributed by atoms with Crippen molar-refractivity contribution in [2.75, 3.05) is 6.54 Å². The average Bonchev–Trinajstić information content (AvgIpc) is 3.14. The van der Waals surface area contributed by atoms with Crippen LogP contribution in [0.5, 0.6) is 0 Å². The summed E-state index contributed by atoms with van der Waals surface area (Å²) < 4.78 is 5.34. The van der Waals surface area contributed by atoms with E-state index in [1.54, 1.807) is 27.7 Å². The Morgan fingerprint density at radius 3 is 2.20 bits per heavy atom. The fourth-order valence-corrected chi connectivity index (χ4v) is 5.93. The molecular formula is C29H44N4O7. The molecule has 11 nitrogen and oxygen atoms in total. The smallest absolute Gasteiger partial charge is 0.408 e. The molecule has 0 radical (unpaired) electrons. The van der Waals surface area contributed by atoms with Crippen LogP contribution >= 0.6 is 0 Å². The van der Waals surface area contributed by atoms with Crippen LogP contribution in [0.15, 0.2) is 12.2 Å². The molecule has 1 saturated heterocycles. The fraction of sp³-hybridized carbons (Fsp3) is 0.724. The number of ketones is 2. The van der Waals surface area contributed by atoms with E-state index in [9.17, 15) is 28.8 Å². The number of Topliss-reactive ketones (excluding diaryl/α,β-unsaturated/α-hetero) is 2. The molecule has 11 heteroatoms. The zero-order valence-electron chi connectivity index (χ0n) is 24.5. The van der Waals surface area contributed by atoms with Gasteiger partial charge in [-0.3, -0.25) is 24.0 Å². The normalized spacial score (nSPS) is 24.6. The van der Waals surface area contributed by atoms with Crippen molar-refractivity contribution in [3.63, 3.8) is 0 Å². The van der Waals surface area contributed by atoms with Crippen LogP contribution in [-0.4, -0.2) is 70.6 Å². The Kier molecular flexibility index (Phi) is 9.16. The number of primary amides is 1. The second kappa shape index (κ2) is 11.7. The average molecular weight is 561 g/mol. The van der Waals surface area contributed by atoms with Crippen molar-refractivity contribution in [2.24, 2.45) is 28.9 Å². The molecule has 4 amide bonds. The van der Waals surface area contributed by atoms with Crippen LogP contribution in [0.3, 0.4) is 0 Å². The third-order valence-corrected chi connectivity index (χ3v) is 8.55. The summed E-state index contributed by atoms with van der Waals surface area (Å²) in [6.07, 6.45) is 2.32. The third kappa shape index (κ3) is 7.09. The lowest BCUT2D eigenvalue weighted by Crippen LogP contribution is -2.58. The van der Waals surface area contributed by atoms with Crippen molar-refractivity contribution in [3.8, 4) is 0 Å². The number of ether oxygens (including phenoxy) is 1. The number of fused-ring (bicyclic) bond motifs is 1. The molecule has 1 aliphatic heterocycles. The van der Waals surface area contributed by atoms with E-state index in [2.05, 4.69) is 17.2 Å². The topological polar surface area (TPSA) is 165 Å². The van der Waals surface area contributed by atoms with Gasteiger partial charge in [0.1, 0.15) is 17.7 Å². The first-order valence-electron chi connectivity index (χ1n) is 14.1.